The minimum absolute atomic E-state index is 0.0450. The van der Waals surface area contributed by atoms with Crippen LogP contribution < -0.4 is 42.7 Å². The number of rotatable bonds is 49. The van der Waals surface area contributed by atoms with Crippen molar-refractivity contribution in [2.75, 3.05) is 157 Å². The van der Waals surface area contributed by atoms with Crippen LogP contribution in [0.4, 0.5) is 10.5 Å². The molecule has 0 saturated heterocycles. The van der Waals surface area contributed by atoms with Gasteiger partial charge in [-0.1, -0.05) is 113 Å². The molecular formula is C60H94N10O16Si. The summed E-state index contributed by atoms with van der Waals surface area (Å²) < 4.78 is 56.2. The number of likely N-dealkylation sites (N-methyl/N-ethyl adjacent to an activating group) is 1. The van der Waals surface area contributed by atoms with E-state index in [2.05, 4.69) is 81.6 Å². The van der Waals surface area contributed by atoms with E-state index in [0.717, 1.165) is 5.56 Å². The molecule has 2 atom stereocenters. The third-order valence-electron chi connectivity index (χ3n) is 13.0. The molecule has 87 heavy (non-hydrogen) atoms. The third-order valence-corrected chi connectivity index (χ3v) is 18.0. The Bertz CT molecular complexity index is 2420. The van der Waals surface area contributed by atoms with Crippen molar-refractivity contribution in [3.63, 3.8) is 0 Å². The van der Waals surface area contributed by atoms with Gasteiger partial charge >= 0.3 is 6.03 Å². The lowest BCUT2D eigenvalue weighted by atomic mass is 10.0. The van der Waals surface area contributed by atoms with Gasteiger partial charge in [-0.2, -0.15) is 0 Å². The molecule has 0 unspecified atom stereocenters. The van der Waals surface area contributed by atoms with Crippen LogP contribution in [0, 0.1) is 5.92 Å². The molecule has 0 radical (unpaired) electrons. The van der Waals surface area contributed by atoms with Crippen molar-refractivity contribution in [1.82, 2.24) is 26.2 Å². The average Bonchev–Trinajstić information content (AvgIpc) is 0.811. The minimum atomic E-state index is -2.78. The molecule has 3 rings (SSSR count). The van der Waals surface area contributed by atoms with Crippen LogP contribution in [0.2, 0.25) is 5.04 Å². The van der Waals surface area contributed by atoms with Crippen LogP contribution in [-0.2, 0) is 77.6 Å². The first-order valence-electron chi connectivity index (χ1n) is 29.5. The predicted octanol–water partition coefficient (Wildman–Crippen LogP) is 3.20. The zero-order chi connectivity index (χ0) is 63.4. The Kier molecular flexibility index (Phi) is 38.4. The van der Waals surface area contributed by atoms with E-state index in [1.54, 1.807) is 26.0 Å². The number of amides is 7. The minimum Gasteiger partial charge on any atom is -0.403 e. The van der Waals surface area contributed by atoms with Crippen LogP contribution >= 0.6 is 0 Å². The SMILES string of the molecule is CC(C)[C@H](NC(=O)CCOCCOCCOCCOCCOCCOCCOCCOCCOCCN=[N+]=[N-])C(=O)N[C@@H](CCCNC(N)=O)C(=O)NCC(=O)N(C)CC(=O)Nc1ccc(CO[Si](c2ccccc2)(c2ccccc2)C(C)(C)C)cc1. The van der Waals surface area contributed by atoms with Crippen molar-refractivity contribution in [3.05, 3.63) is 101 Å². The second-order valence-corrected chi connectivity index (χ2v) is 25.5. The van der Waals surface area contributed by atoms with Crippen molar-refractivity contribution in [2.45, 2.75) is 77.6 Å². The summed E-state index contributed by atoms with van der Waals surface area (Å²) in [7, 11) is -1.35. The Morgan fingerprint density at radius 1 is 0.609 bits per heavy atom. The van der Waals surface area contributed by atoms with Crippen LogP contribution in [0.15, 0.2) is 90.0 Å². The topological polar surface area (TPSA) is 333 Å². The molecule has 3 aromatic carbocycles. The Labute approximate surface area is 512 Å². The van der Waals surface area contributed by atoms with Crippen LogP contribution in [0.1, 0.15) is 59.4 Å². The molecule has 3 aromatic rings. The van der Waals surface area contributed by atoms with Gasteiger partial charge in [-0.3, -0.25) is 24.0 Å². The van der Waals surface area contributed by atoms with Gasteiger partial charge < -0.3 is 84.3 Å². The molecule has 7 N–H and O–H groups in total. The number of carbonyl (C=O) groups excluding carboxylic acids is 6. The van der Waals surface area contributed by atoms with E-state index in [1.165, 1.54) is 22.3 Å². The fraction of sp³-hybridized carbons (Fsp3) is 0.600. The van der Waals surface area contributed by atoms with Crippen molar-refractivity contribution in [2.24, 2.45) is 16.8 Å². The summed E-state index contributed by atoms with van der Waals surface area (Å²) >= 11 is 0. The van der Waals surface area contributed by atoms with Gasteiger partial charge in [0.05, 0.1) is 139 Å². The molecule has 27 heteroatoms. The first-order chi connectivity index (χ1) is 42.0. The average molecular weight is 1240 g/mol. The van der Waals surface area contributed by atoms with Gasteiger partial charge in [0.25, 0.3) is 8.32 Å². The first kappa shape index (κ1) is 74.7. The molecular weight excluding hydrogens is 1140 g/mol. The standard InChI is InChI=1S/C60H94N10O16Si/c1-47(2)56(68-53(71)23-26-77-28-30-79-32-34-81-36-38-83-40-42-85-43-41-84-39-37-82-35-33-80-31-29-78-27-25-65-69-62)58(75)67-52(18-13-24-63-59(61)76)57(74)64-44-55(73)70(6)45-54(72)66-49-21-19-48(20-22-49)46-86-87(60(3,4)5,50-14-9-7-10-15-50)51-16-11-8-12-17-51/h7-12,14-17,19-22,47,52,56H,13,18,23-46H2,1-6H3,(H,64,74)(H,66,72)(H,67,75)(H,68,71)(H3,61,63,76)/t52-,56-/m0/s1. The van der Waals surface area contributed by atoms with Crippen molar-refractivity contribution >= 4 is 59.9 Å². The molecule has 0 aromatic heterocycles. The summed E-state index contributed by atoms with van der Waals surface area (Å²) in [4.78, 5) is 81.6. The summed E-state index contributed by atoms with van der Waals surface area (Å²) in [6, 6.07) is 25.1. The van der Waals surface area contributed by atoms with Gasteiger partial charge in [-0.05, 0) is 57.4 Å². The highest BCUT2D eigenvalue weighted by Gasteiger charge is 2.50. The monoisotopic (exact) mass is 1240 g/mol. The van der Waals surface area contributed by atoms with Gasteiger partial charge in [0.15, 0.2) is 0 Å². The number of nitrogens with zero attached hydrogens (tertiary/aromatic N) is 4. The second-order valence-electron chi connectivity index (χ2n) is 21.2. The van der Waals surface area contributed by atoms with Crippen LogP contribution in [-0.4, -0.2) is 213 Å². The number of nitrogens with one attached hydrogen (secondary N) is 5. The number of carbonyl (C=O) groups is 6. The molecule has 0 saturated carbocycles. The van der Waals surface area contributed by atoms with E-state index in [9.17, 15) is 28.8 Å². The zero-order valence-corrected chi connectivity index (χ0v) is 52.6. The smallest absolute Gasteiger partial charge is 0.312 e. The van der Waals surface area contributed by atoms with Gasteiger partial charge in [-0.15, -0.1) is 0 Å². The second kappa shape index (κ2) is 44.8. The summed E-state index contributed by atoms with van der Waals surface area (Å²) in [5.74, 6) is -3.17. The molecule has 7 amide bonds. The largest absolute Gasteiger partial charge is 0.403 e. The maximum absolute atomic E-state index is 13.6. The Morgan fingerprint density at radius 2 is 1.07 bits per heavy atom. The number of hydrogen-bond acceptors (Lipinski definition) is 17. The molecule has 0 aliphatic carbocycles. The van der Waals surface area contributed by atoms with Crippen molar-refractivity contribution < 1.29 is 75.8 Å². The van der Waals surface area contributed by atoms with Crippen molar-refractivity contribution in [1.29, 1.82) is 0 Å². The molecule has 0 aliphatic heterocycles. The Hall–Kier alpha value is -6.59. The Morgan fingerprint density at radius 3 is 1.51 bits per heavy atom. The van der Waals surface area contributed by atoms with Crippen LogP contribution in [0.5, 0.6) is 0 Å². The lowest BCUT2D eigenvalue weighted by molar-refractivity contribution is -0.135. The summed E-state index contributed by atoms with van der Waals surface area (Å²) in [5.41, 5.74) is 14.9. The molecule has 26 nitrogen and oxygen atoms in total. The Balaban J connectivity index is 1.29. The predicted molar refractivity (Wildman–Crippen MR) is 330 cm³/mol. The van der Waals surface area contributed by atoms with Crippen LogP contribution in [0.25, 0.3) is 10.4 Å². The zero-order valence-electron chi connectivity index (χ0n) is 51.6. The molecule has 0 fully saturated rings. The molecule has 0 spiro atoms. The van der Waals surface area contributed by atoms with Gasteiger partial charge in [0, 0.05) is 37.2 Å². The van der Waals surface area contributed by atoms with Gasteiger partial charge in [0.2, 0.25) is 29.5 Å². The number of anilines is 1. The van der Waals surface area contributed by atoms with E-state index in [0.29, 0.717) is 118 Å². The van der Waals surface area contributed by atoms with Gasteiger partial charge in [0.1, 0.15) is 12.1 Å². The quantitative estimate of drug-likeness (QED) is 0.0155. The fourth-order valence-electron chi connectivity index (χ4n) is 8.57. The van der Waals surface area contributed by atoms with E-state index in [-0.39, 0.29) is 63.1 Å². The number of urea groups is 1. The normalized spacial score (nSPS) is 12.2. The first-order valence-corrected chi connectivity index (χ1v) is 31.4. The third kappa shape index (κ3) is 31.8. The lowest BCUT2D eigenvalue weighted by Gasteiger charge is -2.43. The van der Waals surface area contributed by atoms with E-state index in [1.807, 2.05) is 48.5 Å². The number of azide groups is 1. The maximum atomic E-state index is 13.6. The lowest BCUT2D eigenvalue weighted by Crippen LogP contribution is -2.66. The van der Waals surface area contributed by atoms with E-state index in [4.69, 9.17) is 58.3 Å². The highest BCUT2D eigenvalue weighted by atomic mass is 28.4. The molecule has 0 bridgehead atoms. The van der Waals surface area contributed by atoms with Gasteiger partial charge in [-0.25, -0.2) is 4.79 Å². The molecule has 484 valence electrons. The highest BCUT2D eigenvalue weighted by Crippen LogP contribution is 2.37. The number of primary amides is 1. The summed E-state index contributed by atoms with van der Waals surface area (Å²) in [6.45, 7) is 16.9. The molecule has 0 heterocycles. The number of nitrogens with two attached hydrogens (primary N) is 1. The summed E-state index contributed by atoms with van der Waals surface area (Å²) in [6.07, 6.45) is 0.248. The van der Waals surface area contributed by atoms with E-state index < -0.39 is 62.5 Å². The molecule has 0 aliphatic rings. The van der Waals surface area contributed by atoms with E-state index >= 15 is 0 Å². The fourth-order valence-corrected chi connectivity index (χ4v) is 13.1. The number of hydrogen-bond donors (Lipinski definition) is 6. The maximum Gasteiger partial charge on any atom is 0.312 e. The number of benzene rings is 3. The van der Waals surface area contributed by atoms with Crippen molar-refractivity contribution in [3.8, 4) is 0 Å². The highest BCUT2D eigenvalue weighted by molar-refractivity contribution is 6.99. The van der Waals surface area contributed by atoms with Crippen LogP contribution in [0.3, 0.4) is 0 Å². The number of ether oxygens (including phenoxy) is 9. The summed E-state index contributed by atoms with van der Waals surface area (Å²) in [5, 5.41) is 18.8.